The number of anilines is 1. The third-order valence-electron chi connectivity index (χ3n) is 3.48. The van der Waals surface area contributed by atoms with Gasteiger partial charge in [0.15, 0.2) is 5.69 Å². The van der Waals surface area contributed by atoms with Crippen molar-refractivity contribution in [2.75, 3.05) is 11.9 Å². The van der Waals surface area contributed by atoms with E-state index in [0.717, 1.165) is 5.69 Å². The van der Waals surface area contributed by atoms with Gasteiger partial charge in [-0.2, -0.15) is 10.2 Å². The van der Waals surface area contributed by atoms with Crippen molar-refractivity contribution in [2.45, 2.75) is 13.5 Å². The average molecular weight is 373 g/mol. The molecule has 0 aliphatic carbocycles. The van der Waals surface area contributed by atoms with E-state index in [1.807, 2.05) is 30.3 Å². The predicted molar refractivity (Wildman–Crippen MR) is 97.4 cm³/mol. The van der Waals surface area contributed by atoms with Crippen LogP contribution in [0.15, 0.2) is 48.8 Å². The van der Waals surface area contributed by atoms with Crippen LogP contribution < -0.4 is 10.6 Å². The molecule has 8 nitrogen and oxygen atoms in total. The molecule has 0 radical (unpaired) electrons. The average Bonchev–Trinajstić information content (AvgIpc) is 3.21. The molecular weight excluding hydrogens is 356 g/mol. The second-order valence-electron chi connectivity index (χ2n) is 5.52. The fraction of sp³-hybridized carbons (Fsp3) is 0.176. The highest BCUT2D eigenvalue weighted by molar-refractivity contribution is 6.30. The van der Waals surface area contributed by atoms with E-state index in [0.29, 0.717) is 23.9 Å². The van der Waals surface area contributed by atoms with Gasteiger partial charge in [0.25, 0.3) is 5.91 Å². The van der Waals surface area contributed by atoms with Gasteiger partial charge in [0.05, 0.1) is 23.5 Å². The molecule has 0 saturated carbocycles. The van der Waals surface area contributed by atoms with E-state index < -0.39 is 0 Å². The van der Waals surface area contributed by atoms with Gasteiger partial charge in [-0.1, -0.05) is 29.8 Å². The van der Waals surface area contributed by atoms with Gasteiger partial charge in [-0.05, 0) is 12.1 Å². The molecule has 26 heavy (non-hydrogen) atoms. The lowest BCUT2D eigenvalue weighted by molar-refractivity contribution is -0.114. The second kappa shape index (κ2) is 7.83. The van der Waals surface area contributed by atoms with Crippen molar-refractivity contribution in [1.82, 2.24) is 24.9 Å². The number of carbonyl (C=O) groups excluding carboxylic acids is 2. The summed E-state index contributed by atoms with van der Waals surface area (Å²) in [4.78, 5) is 23.8. The molecule has 1 aromatic carbocycles. The maximum Gasteiger partial charge on any atom is 0.271 e. The molecule has 2 amide bonds. The molecule has 3 aromatic rings. The third-order valence-corrected chi connectivity index (χ3v) is 3.67. The Balaban J connectivity index is 1.73. The van der Waals surface area contributed by atoms with Crippen molar-refractivity contribution in [3.05, 3.63) is 59.5 Å². The first-order valence-electron chi connectivity index (χ1n) is 7.92. The summed E-state index contributed by atoms with van der Waals surface area (Å²) in [6.45, 7) is 2.25. The number of aromatic nitrogens is 4. The minimum Gasteiger partial charge on any atom is -0.349 e. The number of carbonyl (C=O) groups is 2. The molecule has 134 valence electrons. The van der Waals surface area contributed by atoms with E-state index in [9.17, 15) is 9.59 Å². The molecular formula is C17H17ClN6O2. The summed E-state index contributed by atoms with van der Waals surface area (Å²) >= 11 is 5.80. The highest BCUT2D eigenvalue weighted by Crippen LogP contribution is 2.17. The van der Waals surface area contributed by atoms with Crippen molar-refractivity contribution >= 4 is 29.2 Å². The number of para-hydroxylation sites is 1. The fourth-order valence-electron chi connectivity index (χ4n) is 2.36. The van der Waals surface area contributed by atoms with E-state index in [-0.39, 0.29) is 17.5 Å². The number of halogens is 1. The SMILES string of the molecule is CC(=O)Nc1cc(C(=O)NCCn2cc(Cl)cn2)nn1-c1ccccc1. The van der Waals surface area contributed by atoms with Crippen molar-refractivity contribution in [3.63, 3.8) is 0 Å². The lowest BCUT2D eigenvalue weighted by atomic mass is 10.3. The van der Waals surface area contributed by atoms with Crippen LogP contribution >= 0.6 is 11.6 Å². The summed E-state index contributed by atoms with van der Waals surface area (Å²) < 4.78 is 3.15. The second-order valence-corrected chi connectivity index (χ2v) is 5.96. The Morgan fingerprint density at radius 2 is 2.00 bits per heavy atom. The fourth-order valence-corrected chi connectivity index (χ4v) is 2.52. The lowest BCUT2D eigenvalue weighted by Crippen LogP contribution is -2.27. The molecule has 0 unspecified atom stereocenters. The van der Waals surface area contributed by atoms with Crippen molar-refractivity contribution in [1.29, 1.82) is 0 Å². The van der Waals surface area contributed by atoms with Crippen LogP contribution in [0.2, 0.25) is 5.02 Å². The molecule has 9 heteroatoms. The maximum absolute atomic E-state index is 12.4. The molecule has 0 saturated heterocycles. The number of nitrogens with one attached hydrogen (secondary N) is 2. The molecule has 3 rings (SSSR count). The van der Waals surface area contributed by atoms with Crippen molar-refractivity contribution < 1.29 is 9.59 Å². The zero-order valence-electron chi connectivity index (χ0n) is 14.0. The van der Waals surface area contributed by atoms with E-state index in [4.69, 9.17) is 11.6 Å². The normalized spacial score (nSPS) is 10.5. The van der Waals surface area contributed by atoms with E-state index in [1.54, 1.807) is 10.9 Å². The van der Waals surface area contributed by atoms with E-state index in [2.05, 4.69) is 20.8 Å². The molecule has 0 spiro atoms. The molecule has 2 heterocycles. The number of hydrogen-bond donors (Lipinski definition) is 2. The van der Waals surface area contributed by atoms with Crippen LogP contribution in [-0.4, -0.2) is 37.9 Å². The summed E-state index contributed by atoms with van der Waals surface area (Å²) in [5.41, 5.74) is 0.942. The highest BCUT2D eigenvalue weighted by Gasteiger charge is 2.16. The van der Waals surface area contributed by atoms with E-state index in [1.165, 1.54) is 23.9 Å². The third kappa shape index (κ3) is 4.28. The summed E-state index contributed by atoms with van der Waals surface area (Å²) in [5.74, 6) is -0.165. The Kier molecular flexibility index (Phi) is 5.33. The first-order valence-corrected chi connectivity index (χ1v) is 8.30. The topological polar surface area (TPSA) is 93.8 Å². The van der Waals surface area contributed by atoms with Gasteiger partial charge < -0.3 is 10.6 Å². The number of hydrogen-bond acceptors (Lipinski definition) is 4. The van der Waals surface area contributed by atoms with Crippen LogP contribution in [0.5, 0.6) is 0 Å². The van der Waals surface area contributed by atoms with Gasteiger partial charge in [0.2, 0.25) is 5.91 Å². The largest absolute Gasteiger partial charge is 0.349 e. The first kappa shape index (κ1) is 17.7. The quantitative estimate of drug-likeness (QED) is 0.693. The van der Waals surface area contributed by atoms with Gasteiger partial charge >= 0.3 is 0 Å². The molecule has 0 fully saturated rings. The molecule has 0 aliphatic heterocycles. The molecule has 0 atom stereocenters. The molecule has 0 bridgehead atoms. The Labute approximate surface area is 154 Å². The number of nitrogens with zero attached hydrogens (tertiary/aromatic N) is 4. The van der Waals surface area contributed by atoms with Crippen LogP contribution in [-0.2, 0) is 11.3 Å². The van der Waals surface area contributed by atoms with Crippen LogP contribution in [0.1, 0.15) is 17.4 Å². The van der Waals surface area contributed by atoms with Gasteiger partial charge in [-0.15, -0.1) is 0 Å². The van der Waals surface area contributed by atoms with Crippen LogP contribution in [0.4, 0.5) is 5.82 Å². The Hall–Kier alpha value is -3.13. The Morgan fingerprint density at radius 3 is 2.65 bits per heavy atom. The zero-order chi connectivity index (χ0) is 18.5. The standard InChI is InChI=1S/C17H17ClN6O2/c1-12(25)21-16-9-15(22-24(16)14-5-3-2-4-6-14)17(26)19-7-8-23-11-13(18)10-20-23/h2-6,9-11H,7-8H2,1H3,(H,19,26)(H,21,25). The van der Waals surface area contributed by atoms with Crippen LogP contribution in [0.3, 0.4) is 0 Å². The lowest BCUT2D eigenvalue weighted by Gasteiger charge is -2.06. The van der Waals surface area contributed by atoms with Crippen LogP contribution in [0, 0.1) is 0 Å². The molecule has 2 aromatic heterocycles. The summed E-state index contributed by atoms with van der Waals surface area (Å²) in [6, 6.07) is 10.8. The van der Waals surface area contributed by atoms with Crippen LogP contribution in [0.25, 0.3) is 5.69 Å². The Bertz CT molecular complexity index is 918. The van der Waals surface area contributed by atoms with Gasteiger partial charge in [0, 0.05) is 25.7 Å². The number of rotatable bonds is 6. The van der Waals surface area contributed by atoms with Gasteiger partial charge in [0.1, 0.15) is 5.82 Å². The highest BCUT2D eigenvalue weighted by atomic mass is 35.5. The Morgan fingerprint density at radius 1 is 1.23 bits per heavy atom. The number of benzene rings is 1. The minimum absolute atomic E-state index is 0.205. The monoisotopic (exact) mass is 372 g/mol. The predicted octanol–water partition coefficient (Wildman–Crippen LogP) is 2.11. The van der Waals surface area contributed by atoms with E-state index >= 15 is 0 Å². The van der Waals surface area contributed by atoms with Gasteiger partial charge in [-0.25, -0.2) is 4.68 Å². The summed E-state index contributed by atoms with van der Waals surface area (Å²) in [5, 5.41) is 14.3. The van der Waals surface area contributed by atoms with Gasteiger partial charge in [-0.3, -0.25) is 14.3 Å². The maximum atomic E-state index is 12.4. The summed E-state index contributed by atoms with van der Waals surface area (Å²) in [6.07, 6.45) is 3.21. The minimum atomic E-state index is -0.343. The summed E-state index contributed by atoms with van der Waals surface area (Å²) in [7, 11) is 0. The zero-order valence-corrected chi connectivity index (χ0v) is 14.8. The van der Waals surface area contributed by atoms with Crippen molar-refractivity contribution in [3.8, 4) is 5.69 Å². The molecule has 0 aliphatic rings. The molecule has 2 N–H and O–H groups in total. The first-order chi connectivity index (χ1) is 12.5. The smallest absolute Gasteiger partial charge is 0.271 e. The van der Waals surface area contributed by atoms with Crippen molar-refractivity contribution in [2.24, 2.45) is 0 Å². The number of amides is 2.